The Morgan fingerprint density at radius 1 is 1.20 bits per heavy atom. The number of aromatic nitrogens is 3. The molecule has 0 radical (unpaired) electrons. The van der Waals surface area contributed by atoms with E-state index in [0.717, 1.165) is 0 Å². The van der Waals surface area contributed by atoms with E-state index in [2.05, 4.69) is 10.1 Å². The Bertz CT molecular complexity index is 1140. The molecule has 9 heteroatoms. The van der Waals surface area contributed by atoms with Crippen molar-refractivity contribution in [1.82, 2.24) is 19.7 Å². The number of hydrogen-bond donors (Lipinski definition) is 1. The van der Waals surface area contributed by atoms with Crippen LogP contribution in [0.5, 0.6) is 5.88 Å². The Balaban J connectivity index is 1.62. The first-order chi connectivity index (χ1) is 14.5. The standard InChI is InChI=1S/C21H18FN5O3/c1-13-16(4-2-14(10-23)19(13)22)17-12-25-27(21(17)29)18-5-3-15(11-24-18)20(28)26-6-8-30-9-7-26/h2-5,11-12,29H,6-9H2,1H3. The van der Waals surface area contributed by atoms with Crippen LogP contribution in [0, 0.1) is 24.1 Å². The lowest BCUT2D eigenvalue weighted by atomic mass is 10.00. The van der Waals surface area contributed by atoms with E-state index in [-0.39, 0.29) is 22.9 Å². The zero-order valence-electron chi connectivity index (χ0n) is 16.2. The fraction of sp³-hybridized carbons (Fsp3) is 0.238. The average Bonchev–Trinajstić information content (AvgIpc) is 3.17. The van der Waals surface area contributed by atoms with Crippen molar-refractivity contribution in [3.8, 4) is 28.9 Å². The number of hydrogen-bond acceptors (Lipinski definition) is 6. The van der Waals surface area contributed by atoms with Crippen LogP contribution >= 0.6 is 0 Å². The second kappa shape index (κ2) is 7.93. The first-order valence-corrected chi connectivity index (χ1v) is 9.31. The Labute approximate surface area is 171 Å². The number of nitriles is 1. The number of nitrogens with zero attached hydrogens (tertiary/aromatic N) is 5. The normalized spacial score (nSPS) is 13.8. The number of benzene rings is 1. The van der Waals surface area contributed by atoms with Gasteiger partial charge in [-0.3, -0.25) is 4.79 Å². The van der Waals surface area contributed by atoms with E-state index >= 15 is 0 Å². The molecule has 1 aromatic carbocycles. The van der Waals surface area contributed by atoms with Gasteiger partial charge in [0, 0.05) is 19.3 Å². The summed E-state index contributed by atoms with van der Waals surface area (Å²) in [5.41, 5.74) is 1.34. The van der Waals surface area contributed by atoms with Crippen molar-refractivity contribution in [2.24, 2.45) is 0 Å². The van der Waals surface area contributed by atoms with E-state index in [0.29, 0.717) is 48.8 Å². The fourth-order valence-electron chi connectivity index (χ4n) is 3.35. The summed E-state index contributed by atoms with van der Waals surface area (Å²) < 4.78 is 20.8. The number of ether oxygens (including phenoxy) is 1. The predicted octanol–water partition coefficient (Wildman–Crippen LogP) is 2.43. The molecule has 1 aliphatic rings. The van der Waals surface area contributed by atoms with E-state index in [1.165, 1.54) is 30.1 Å². The smallest absolute Gasteiger partial charge is 0.255 e. The van der Waals surface area contributed by atoms with Crippen LogP contribution in [0.25, 0.3) is 16.9 Å². The van der Waals surface area contributed by atoms with Crippen molar-refractivity contribution in [2.75, 3.05) is 26.3 Å². The SMILES string of the molecule is Cc1c(-c2cnn(-c3ccc(C(=O)N4CCOCC4)cn3)c2O)ccc(C#N)c1F. The average molecular weight is 407 g/mol. The zero-order valence-corrected chi connectivity index (χ0v) is 16.2. The minimum absolute atomic E-state index is 0.0645. The molecule has 0 atom stereocenters. The van der Waals surface area contributed by atoms with E-state index in [1.54, 1.807) is 29.2 Å². The highest BCUT2D eigenvalue weighted by molar-refractivity contribution is 5.94. The molecular formula is C21H18FN5O3. The maximum Gasteiger partial charge on any atom is 0.255 e. The number of carbonyl (C=O) groups excluding carboxylic acids is 1. The molecule has 3 heterocycles. The number of morpholine rings is 1. The molecule has 1 N–H and O–H groups in total. The topological polar surface area (TPSA) is 104 Å². The molecule has 0 saturated carbocycles. The lowest BCUT2D eigenvalue weighted by Crippen LogP contribution is -2.40. The van der Waals surface area contributed by atoms with Crippen LogP contribution in [0.1, 0.15) is 21.5 Å². The molecule has 0 unspecified atom stereocenters. The van der Waals surface area contributed by atoms with Crippen molar-refractivity contribution in [3.63, 3.8) is 0 Å². The highest BCUT2D eigenvalue weighted by Crippen LogP contribution is 2.34. The summed E-state index contributed by atoms with van der Waals surface area (Å²) in [5.74, 6) is -0.677. The summed E-state index contributed by atoms with van der Waals surface area (Å²) in [6.45, 7) is 3.62. The molecule has 2 aromatic heterocycles. The van der Waals surface area contributed by atoms with Gasteiger partial charge in [0.1, 0.15) is 11.9 Å². The third kappa shape index (κ3) is 3.38. The Hall–Kier alpha value is -3.77. The third-order valence-corrected chi connectivity index (χ3v) is 5.05. The van der Waals surface area contributed by atoms with Crippen LogP contribution in [0.4, 0.5) is 4.39 Å². The Kier molecular flexibility index (Phi) is 5.16. The minimum Gasteiger partial charge on any atom is -0.493 e. The summed E-state index contributed by atoms with van der Waals surface area (Å²) in [7, 11) is 0. The van der Waals surface area contributed by atoms with Gasteiger partial charge in [-0.15, -0.1) is 0 Å². The molecule has 1 saturated heterocycles. The van der Waals surface area contributed by atoms with Gasteiger partial charge in [-0.05, 0) is 36.2 Å². The maximum absolute atomic E-state index is 14.3. The van der Waals surface area contributed by atoms with Gasteiger partial charge in [0.2, 0.25) is 5.88 Å². The molecule has 4 rings (SSSR count). The highest BCUT2D eigenvalue weighted by Gasteiger charge is 2.21. The molecule has 1 fully saturated rings. The number of carbonyl (C=O) groups is 1. The molecule has 30 heavy (non-hydrogen) atoms. The Morgan fingerprint density at radius 2 is 1.97 bits per heavy atom. The Morgan fingerprint density at radius 3 is 2.63 bits per heavy atom. The fourth-order valence-corrected chi connectivity index (χ4v) is 3.35. The lowest BCUT2D eigenvalue weighted by Gasteiger charge is -2.26. The van der Waals surface area contributed by atoms with Crippen molar-refractivity contribution >= 4 is 5.91 Å². The molecule has 1 amide bonds. The van der Waals surface area contributed by atoms with Crippen molar-refractivity contribution in [3.05, 3.63) is 59.2 Å². The van der Waals surface area contributed by atoms with Gasteiger partial charge >= 0.3 is 0 Å². The van der Waals surface area contributed by atoms with Gasteiger partial charge in [0.15, 0.2) is 5.82 Å². The molecule has 152 valence electrons. The molecule has 0 spiro atoms. The zero-order chi connectivity index (χ0) is 21.3. The largest absolute Gasteiger partial charge is 0.493 e. The minimum atomic E-state index is -0.633. The van der Waals surface area contributed by atoms with Crippen LogP contribution in [-0.4, -0.2) is 57.0 Å². The summed E-state index contributed by atoms with van der Waals surface area (Å²) >= 11 is 0. The van der Waals surface area contributed by atoms with Gasteiger partial charge < -0.3 is 14.7 Å². The van der Waals surface area contributed by atoms with Crippen LogP contribution in [0.2, 0.25) is 0 Å². The highest BCUT2D eigenvalue weighted by atomic mass is 19.1. The molecular weight excluding hydrogens is 389 g/mol. The van der Waals surface area contributed by atoms with Gasteiger partial charge in [-0.1, -0.05) is 6.07 Å². The number of aromatic hydroxyl groups is 1. The lowest BCUT2D eigenvalue weighted by molar-refractivity contribution is 0.0302. The van der Waals surface area contributed by atoms with Crippen molar-refractivity contribution < 1.29 is 19.0 Å². The van der Waals surface area contributed by atoms with Gasteiger partial charge in [-0.25, -0.2) is 9.37 Å². The van der Waals surface area contributed by atoms with E-state index in [9.17, 15) is 14.3 Å². The predicted molar refractivity (Wildman–Crippen MR) is 105 cm³/mol. The molecule has 0 aliphatic carbocycles. The number of amides is 1. The number of pyridine rings is 1. The second-order valence-corrected chi connectivity index (χ2v) is 6.81. The maximum atomic E-state index is 14.3. The summed E-state index contributed by atoms with van der Waals surface area (Å²) in [5, 5.41) is 23.7. The van der Waals surface area contributed by atoms with Crippen LogP contribution in [0.15, 0.2) is 36.7 Å². The second-order valence-electron chi connectivity index (χ2n) is 6.81. The summed E-state index contributed by atoms with van der Waals surface area (Å²) in [4.78, 5) is 18.5. The first kappa shape index (κ1) is 19.5. The monoisotopic (exact) mass is 407 g/mol. The van der Waals surface area contributed by atoms with E-state index in [4.69, 9.17) is 10.00 Å². The van der Waals surface area contributed by atoms with Gasteiger partial charge in [0.25, 0.3) is 5.91 Å². The summed E-state index contributed by atoms with van der Waals surface area (Å²) in [6.07, 6.45) is 2.83. The molecule has 1 aliphatic heterocycles. The summed E-state index contributed by atoms with van der Waals surface area (Å²) in [6, 6.07) is 7.92. The van der Waals surface area contributed by atoms with Crippen molar-refractivity contribution in [1.29, 1.82) is 5.26 Å². The molecule has 0 bridgehead atoms. The number of halogens is 1. The van der Waals surface area contributed by atoms with Crippen LogP contribution in [-0.2, 0) is 4.74 Å². The molecule has 8 nitrogen and oxygen atoms in total. The van der Waals surface area contributed by atoms with Gasteiger partial charge in [-0.2, -0.15) is 15.0 Å². The number of rotatable bonds is 3. The van der Waals surface area contributed by atoms with Gasteiger partial charge in [0.05, 0.1) is 36.1 Å². The van der Waals surface area contributed by atoms with E-state index < -0.39 is 5.82 Å². The molecule has 3 aromatic rings. The van der Waals surface area contributed by atoms with Crippen LogP contribution in [0.3, 0.4) is 0 Å². The first-order valence-electron chi connectivity index (χ1n) is 9.31. The van der Waals surface area contributed by atoms with Crippen LogP contribution < -0.4 is 0 Å². The van der Waals surface area contributed by atoms with E-state index in [1.807, 2.05) is 0 Å². The quantitative estimate of drug-likeness (QED) is 0.715. The van der Waals surface area contributed by atoms with Crippen molar-refractivity contribution in [2.45, 2.75) is 6.92 Å². The third-order valence-electron chi connectivity index (χ3n) is 5.05.